The number of carbonyl (C=O) groups excluding carboxylic acids is 3. The molecule has 2 saturated heterocycles. The van der Waals surface area contributed by atoms with Gasteiger partial charge in [0.15, 0.2) is 5.78 Å². The maximum atomic E-state index is 13.4. The monoisotopic (exact) mass is 393 g/mol. The predicted molar refractivity (Wildman–Crippen MR) is 104 cm³/mol. The summed E-state index contributed by atoms with van der Waals surface area (Å²) < 4.78 is 0. The van der Waals surface area contributed by atoms with Gasteiger partial charge >= 0.3 is 0 Å². The molecular formula is C21H16ClN3O3. The number of ketones is 1. The molecule has 28 heavy (non-hydrogen) atoms. The minimum Gasteiger partial charge on any atom is -0.298 e. The van der Waals surface area contributed by atoms with Gasteiger partial charge in [-0.1, -0.05) is 35.9 Å². The third-order valence-corrected chi connectivity index (χ3v) is 6.05. The summed E-state index contributed by atoms with van der Waals surface area (Å²) >= 11 is 5.94. The Labute approximate surface area is 166 Å². The Morgan fingerprint density at radius 1 is 1.00 bits per heavy atom. The third-order valence-electron chi connectivity index (χ3n) is 5.79. The van der Waals surface area contributed by atoms with Gasteiger partial charge in [0, 0.05) is 5.02 Å². The van der Waals surface area contributed by atoms with Crippen LogP contribution in [0, 0.1) is 11.8 Å². The second-order valence-corrected chi connectivity index (χ2v) is 7.73. The molecule has 0 aromatic heterocycles. The Hall–Kier alpha value is -2.99. The van der Waals surface area contributed by atoms with E-state index >= 15 is 0 Å². The Bertz CT molecular complexity index is 1050. The number of hydrazone groups is 1. The molecular weight excluding hydrogens is 378 g/mol. The summed E-state index contributed by atoms with van der Waals surface area (Å²) in [6.45, 7) is 1.45. The van der Waals surface area contributed by atoms with Crippen LogP contribution in [0.15, 0.2) is 53.6 Å². The van der Waals surface area contributed by atoms with Crippen molar-refractivity contribution in [1.82, 2.24) is 5.01 Å². The molecule has 2 fully saturated rings. The number of halogens is 1. The number of benzene rings is 2. The molecule has 3 aliphatic rings. The van der Waals surface area contributed by atoms with E-state index in [0.29, 0.717) is 10.7 Å². The lowest BCUT2D eigenvalue weighted by atomic mass is 9.84. The van der Waals surface area contributed by atoms with Crippen molar-refractivity contribution in [2.45, 2.75) is 19.0 Å². The number of fused-ring (bicyclic) bond motifs is 5. The van der Waals surface area contributed by atoms with Crippen LogP contribution in [-0.2, 0) is 14.4 Å². The Balaban J connectivity index is 1.65. The first kappa shape index (κ1) is 17.1. The van der Waals surface area contributed by atoms with E-state index in [2.05, 4.69) is 5.10 Å². The fraction of sp³-hybridized carbons (Fsp3) is 0.238. The van der Waals surface area contributed by atoms with Gasteiger partial charge < -0.3 is 0 Å². The number of hydrogen-bond donors (Lipinski definition) is 0. The normalized spacial score (nSPS) is 27.6. The average Bonchev–Trinajstić information content (AvgIpc) is 3.16. The van der Waals surface area contributed by atoms with E-state index in [4.69, 9.17) is 11.6 Å². The molecule has 3 aliphatic heterocycles. The van der Waals surface area contributed by atoms with E-state index < -0.39 is 23.9 Å². The fourth-order valence-electron chi connectivity index (χ4n) is 4.67. The van der Waals surface area contributed by atoms with Crippen LogP contribution in [-0.4, -0.2) is 34.9 Å². The molecule has 5 rings (SSSR count). The molecule has 0 spiro atoms. The summed E-state index contributed by atoms with van der Waals surface area (Å²) in [5.41, 5.74) is 2.28. The quantitative estimate of drug-likeness (QED) is 0.736. The molecule has 140 valence electrons. The highest BCUT2D eigenvalue weighted by molar-refractivity contribution is 6.31. The van der Waals surface area contributed by atoms with E-state index in [1.54, 1.807) is 35.5 Å². The van der Waals surface area contributed by atoms with Crippen LogP contribution in [0.5, 0.6) is 0 Å². The Kier molecular flexibility index (Phi) is 3.67. The van der Waals surface area contributed by atoms with Crippen molar-refractivity contribution >= 4 is 41.1 Å². The van der Waals surface area contributed by atoms with Gasteiger partial charge in [0.25, 0.3) is 0 Å². The average molecular weight is 394 g/mol. The highest BCUT2D eigenvalue weighted by Crippen LogP contribution is 2.52. The van der Waals surface area contributed by atoms with E-state index in [1.165, 1.54) is 11.8 Å². The van der Waals surface area contributed by atoms with Gasteiger partial charge in [0.1, 0.15) is 6.04 Å². The van der Waals surface area contributed by atoms with Crippen molar-refractivity contribution in [3.05, 3.63) is 64.7 Å². The number of rotatable bonds is 2. The number of anilines is 1. The zero-order chi connectivity index (χ0) is 19.6. The van der Waals surface area contributed by atoms with Crippen molar-refractivity contribution in [1.29, 1.82) is 0 Å². The molecule has 3 heterocycles. The highest BCUT2D eigenvalue weighted by atomic mass is 35.5. The van der Waals surface area contributed by atoms with Crippen LogP contribution in [0.4, 0.5) is 5.69 Å². The lowest BCUT2D eigenvalue weighted by molar-refractivity contribution is -0.129. The summed E-state index contributed by atoms with van der Waals surface area (Å²) in [5, 5.41) is 6.61. The minimum atomic E-state index is -0.756. The van der Waals surface area contributed by atoms with Crippen LogP contribution in [0.2, 0.25) is 5.02 Å². The first-order valence-electron chi connectivity index (χ1n) is 9.04. The maximum Gasteiger partial charge on any atom is 0.240 e. The molecule has 2 aromatic rings. The van der Waals surface area contributed by atoms with Crippen LogP contribution >= 0.6 is 11.6 Å². The van der Waals surface area contributed by atoms with E-state index in [1.807, 2.05) is 24.3 Å². The SMILES string of the molecule is CC(=O)[C@H]1[C@H]2C(=O)N(c3ccc(Cl)cc3)C(=O)[C@H]2C2c3ccccc3C=NN21. The summed E-state index contributed by atoms with van der Waals surface area (Å²) in [5.74, 6) is -2.25. The number of amides is 2. The Morgan fingerprint density at radius 3 is 2.39 bits per heavy atom. The fourth-order valence-corrected chi connectivity index (χ4v) is 4.80. The molecule has 0 saturated carbocycles. The van der Waals surface area contributed by atoms with Crippen molar-refractivity contribution < 1.29 is 14.4 Å². The maximum absolute atomic E-state index is 13.4. The highest BCUT2D eigenvalue weighted by Gasteiger charge is 2.64. The van der Waals surface area contributed by atoms with Gasteiger partial charge in [-0.3, -0.25) is 19.4 Å². The number of nitrogens with zero attached hydrogens (tertiary/aromatic N) is 3. The van der Waals surface area contributed by atoms with Gasteiger partial charge in [-0.15, -0.1) is 0 Å². The zero-order valence-electron chi connectivity index (χ0n) is 14.9. The second kappa shape index (κ2) is 6.01. The summed E-state index contributed by atoms with van der Waals surface area (Å²) in [7, 11) is 0. The third kappa shape index (κ3) is 2.21. The smallest absolute Gasteiger partial charge is 0.240 e. The van der Waals surface area contributed by atoms with Gasteiger partial charge in [-0.25, -0.2) is 4.90 Å². The predicted octanol–water partition coefficient (Wildman–Crippen LogP) is 2.81. The second-order valence-electron chi connectivity index (χ2n) is 7.29. The topological polar surface area (TPSA) is 70.0 Å². The van der Waals surface area contributed by atoms with Crippen LogP contribution in [0.25, 0.3) is 0 Å². The molecule has 2 aromatic carbocycles. The molecule has 4 atom stereocenters. The number of hydrogen-bond acceptors (Lipinski definition) is 5. The lowest BCUT2D eigenvalue weighted by Crippen LogP contribution is -2.43. The van der Waals surface area contributed by atoms with Gasteiger partial charge in [-0.2, -0.15) is 5.10 Å². The number of Topliss-reactive ketones (excluding diaryl/α,β-unsaturated/α-hetero) is 1. The van der Waals surface area contributed by atoms with Crippen molar-refractivity contribution in [3.8, 4) is 0 Å². The Morgan fingerprint density at radius 2 is 1.68 bits per heavy atom. The molecule has 2 amide bonds. The van der Waals surface area contributed by atoms with Crippen LogP contribution in [0.3, 0.4) is 0 Å². The molecule has 6 nitrogen and oxygen atoms in total. The molecule has 0 aliphatic carbocycles. The first-order valence-corrected chi connectivity index (χ1v) is 9.42. The van der Waals surface area contributed by atoms with E-state index in [0.717, 1.165) is 11.1 Å². The molecule has 0 radical (unpaired) electrons. The molecule has 0 N–H and O–H groups in total. The van der Waals surface area contributed by atoms with E-state index in [-0.39, 0.29) is 17.6 Å². The molecule has 0 bridgehead atoms. The van der Waals surface area contributed by atoms with Crippen molar-refractivity contribution in [2.75, 3.05) is 4.90 Å². The van der Waals surface area contributed by atoms with Gasteiger partial charge in [0.05, 0.1) is 29.8 Å². The van der Waals surface area contributed by atoms with E-state index in [9.17, 15) is 14.4 Å². The largest absolute Gasteiger partial charge is 0.298 e. The number of imide groups is 1. The first-order chi connectivity index (χ1) is 13.5. The van der Waals surface area contributed by atoms with Crippen LogP contribution < -0.4 is 4.90 Å². The lowest BCUT2D eigenvalue weighted by Gasteiger charge is -2.33. The summed E-state index contributed by atoms with van der Waals surface area (Å²) in [6, 6.07) is 13.0. The van der Waals surface area contributed by atoms with Crippen LogP contribution in [0.1, 0.15) is 24.1 Å². The molecule has 1 unspecified atom stereocenters. The number of carbonyl (C=O) groups is 3. The molecule has 7 heteroatoms. The van der Waals surface area contributed by atoms with Gasteiger partial charge in [-0.05, 0) is 42.3 Å². The standard InChI is InChI=1S/C21H16ClN3O3/c1-11(26)18-16-17(19-15-5-3-2-4-12(15)10-23-25(18)19)21(28)24(20(16)27)14-8-6-13(22)7-9-14/h2-10,16-19H,1H3/t16-,17+,18-,19?/m0/s1. The van der Waals surface area contributed by atoms with Crippen molar-refractivity contribution in [3.63, 3.8) is 0 Å². The van der Waals surface area contributed by atoms with Crippen molar-refractivity contribution in [2.24, 2.45) is 16.9 Å². The minimum absolute atomic E-state index is 0.173. The summed E-state index contributed by atoms with van der Waals surface area (Å²) in [6.07, 6.45) is 1.69. The zero-order valence-corrected chi connectivity index (χ0v) is 15.7. The summed E-state index contributed by atoms with van der Waals surface area (Å²) in [4.78, 5) is 40.4. The van der Waals surface area contributed by atoms with Gasteiger partial charge in [0.2, 0.25) is 11.8 Å².